The zero-order valence-corrected chi connectivity index (χ0v) is 9.20. The molecule has 0 aromatic carbocycles. The molecule has 0 atom stereocenters. The second-order valence-corrected chi connectivity index (χ2v) is 3.20. The number of hydrogen-bond acceptors (Lipinski definition) is 5. The van der Waals surface area contributed by atoms with Gasteiger partial charge in [-0.15, -0.1) is 0 Å². The van der Waals surface area contributed by atoms with Crippen molar-refractivity contribution in [1.82, 2.24) is 9.97 Å². The number of anilines is 1. The Labute approximate surface area is 88.9 Å². The molecule has 0 spiro atoms. The third-order valence-electron chi connectivity index (χ3n) is 1.93. The van der Waals surface area contributed by atoms with Crippen molar-refractivity contribution < 1.29 is 9.53 Å². The van der Waals surface area contributed by atoms with Crippen LogP contribution in [0.4, 0.5) is 5.82 Å². The molecule has 1 heterocycles. The zero-order valence-electron chi connectivity index (χ0n) is 9.20. The fraction of sp³-hybridized carbons (Fsp3) is 0.500. The average Bonchev–Trinajstić information content (AvgIpc) is 2.23. The molecule has 1 N–H and O–H groups in total. The molecule has 0 bridgehead atoms. The van der Waals surface area contributed by atoms with E-state index in [0.717, 1.165) is 17.2 Å². The van der Waals surface area contributed by atoms with Gasteiger partial charge in [-0.25, -0.2) is 4.98 Å². The predicted octanol–water partition coefficient (Wildman–Crippen LogP) is 1.07. The fourth-order valence-corrected chi connectivity index (χ4v) is 1.09. The van der Waals surface area contributed by atoms with E-state index in [1.165, 1.54) is 7.11 Å². The number of carbonyl (C=O) groups excluding carboxylic acids is 1. The van der Waals surface area contributed by atoms with Crippen molar-refractivity contribution in [3.8, 4) is 0 Å². The molecule has 0 radical (unpaired) electrons. The second kappa shape index (κ2) is 5.29. The summed E-state index contributed by atoms with van der Waals surface area (Å²) in [5, 5.41) is 3.04. The van der Waals surface area contributed by atoms with Crippen LogP contribution in [0.15, 0.2) is 6.20 Å². The maximum Gasteiger partial charge on any atom is 0.307 e. The zero-order chi connectivity index (χ0) is 11.3. The number of ether oxygens (including phenoxy) is 1. The SMILES string of the molecule is COC(=O)CCNc1nc(C)cnc1C. The molecule has 0 saturated heterocycles. The number of nitrogens with zero attached hydrogens (tertiary/aromatic N) is 2. The fourth-order valence-electron chi connectivity index (χ4n) is 1.09. The summed E-state index contributed by atoms with van der Waals surface area (Å²) in [5.74, 6) is 0.486. The standard InChI is InChI=1S/C10H15N3O2/c1-7-6-12-8(2)10(13-7)11-5-4-9(14)15-3/h6H,4-5H2,1-3H3,(H,11,13). The Morgan fingerprint density at radius 3 is 2.93 bits per heavy atom. The maximum atomic E-state index is 10.9. The Hall–Kier alpha value is -1.65. The van der Waals surface area contributed by atoms with Gasteiger partial charge in [0.1, 0.15) is 5.82 Å². The summed E-state index contributed by atoms with van der Waals surface area (Å²) in [6, 6.07) is 0. The number of aromatic nitrogens is 2. The van der Waals surface area contributed by atoms with E-state index in [1.807, 2.05) is 13.8 Å². The van der Waals surface area contributed by atoms with Crippen LogP contribution in [0.2, 0.25) is 0 Å². The van der Waals surface area contributed by atoms with Gasteiger partial charge in [-0.05, 0) is 13.8 Å². The van der Waals surface area contributed by atoms with Crippen LogP contribution in [0.3, 0.4) is 0 Å². The average molecular weight is 209 g/mol. The van der Waals surface area contributed by atoms with Crippen LogP contribution in [0.5, 0.6) is 0 Å². The van der Waals surface area contributed by atoms with Gasteiger partial charge in [-0.2, -0.15) is 0 Å². The van der Waals surface area contributed by atoms with E-state index in [0.29, 0.717) is 13.0 Å². The molecule has 0 aliphatic heterocycles. The summed E-state index contributed by atoms with van der Waals surface area (Å²) in [7, 11) is 1.38. The first-order valence-electron chi connectivity index (χ1n) is 4.74. The van der Waals surface area contributed by atoms with E-state index in [-0.39, 0.29) is 5.97 Å². The summed E-state index contributed by atoms with van der Waals surface area (Å²) < 4.78 is 4.53. The van der Waals surface area contributed by atoms with Crippen molar-refractivity contribution in [1.29, 1.82) is 0 Å². The molecule has 82 valence electrons. The molecule has 0 fully saturated rings. The van der Waals surface area contributed by atoms with Crippen molar-refractivity contribution in [3.63, 3.8) is 0 Å². The monoisotopic (exact) mass is 209 g/mol. The quantitative estimate of drug-likeness (QED) is 0.751. The number of rotatable bonds is 4. The summed E-state index contributed by atoms with van der Waals surface area (Å²) in [5.41, 5.74) is 1.67. The lowest BCUT2D eigenvalue weighted by molar-refractivity contribution is -0.140. The first-order valence-corrected chi connectivity index (χ1v) is 4.74. The van der Waals surface area contributed by atoms with E-state index in [4.69, 9.17) is 0 Å². The van der Waals surface area contributed by atoms with E-state index < -0.39 is 0 Å². The smallest absolute Gasteiger partial charge is 0.307 e. The lowest BCUT2D eigenvalue weighted by Gasteiger charge is -2.07. The van der Waals surface area contributed by atoms with Crippen molar-refractivity contribution in [3.05, 3.63) is 17.6 Å². The summed E-state index contributed by atoms with van der Waals surface area (Å²) in [6.07, 6.45) is 2.03. The van der Waals surface area contributed by atoms with Crippen LogP contribution in [0, 0.1) is 13.8 Å². The molecule has 15 heavy (non-hydrogen) atoms. The highest BCUT2D eigenvalue weighted by Crippen LogP contribution is 2.08. The number of hydrogen-bond donors (Lipinski definition) is 1. The molecule has 0 unspecified atom stereocenters. The highest BCUT2D eigenvalue weighted by molar-refractivity contribution is 5.69. The van der Waals surface area contributed by atoms with Gasteiger partial charge in [-0.1, -0.05) is 0 Å². The third kappa shape index (κ3) is 3.53. The van der Waals surface area contributed by atoms with Crippen LogP contribution in [0.25, 0.3) is 0 Å². The molecule has 5 heteroatoms. The van der Waals surface area contributed by atoms with Crippen LogP contribution in [-0.4, -0.2) is 29.6 Å². The number of nitrogens with one attached hydrogen (secondary N) is 1. The van der Waals surface area contributed by atoms with E-state index in [9.17, 15) is 4.79 Å². The van der Waals surface area contributed by atoms with Gasteiger partial charge in [0, 0.05) is 12.7 Å². The van der Waals surface area contributed by atoms with Crippen molar-refractivity contribution in [2.24, 2.45) is 0 Å². The summed E-state index contributed by atoms with van der Waals surface area (Å²) in [6.45, 7) is 4.25. The minimum absolute atomic E-state index is 0.235. The minimum Gasteiger partial charge on any atom is -0.469 e. The molecule has 0 aliphatic rings. The van der Waals surface area contributed by atoms with Gasteiger partial charge in [0.15, 0.2) is 0 Å². The van der Waals surface area contributed by atoms with Gasteiger partial charge in [0.2, 0.25) is 0 Å². The lowest BCUT2D eigenvalue weighted by Crippen LogP contribution is -2.12. The Bertz CT molecular complexity index is 353. The molecule has 1 aromatic heterocycles. The van der Waals surface area contributed by atoms with Crippen molar-refractivity contribution in [2.45, 2.75) is 20.3 Å². The Balaban J connectivity index is 2.50. The number of esters is 1. The van der Waals surface area contributed by atoms with E-state index >= 15 is 0 Å². The molecular weight excluding hydrogens is 194 g/mol. The highest BCUT2D eigenvalue weighted by atomic mass is 16.5. The largest absolute Gasteiger partial charge is 0.469 e. The molecule has 1 rings (SSSR count). The van der Waals surface area contributed by atoms with Crippen molar-refractivity contribution in [2.75, 3.05) is 19.0 Å². The van der Waals surface area contributed by atoms with E-state index in [2.05, 4.69) is 20.0 Å². The summed E-state index contributed by atoms with van der Waals surface area (Å²) >= 11 is 0. The molecular formula is C10H15N3O2. The van der Waals surface area contributed by atoms with Crippen LogP contribution >= 0.6 is 0 Å². The van der Waals surface area contributed by atoms with Crippen molar-refractivity contribution >= 4 is 11.8 Å². The molecule has 1 aromatic rings. The molecule has 5 nitrogen and oxygen atoms in total. The van der Waals surface area contributed by atoms with Crippen LogP contribution in [0.1, 0.15) is 17.8 Å². The van der Waals surface area contributed by atoms with Gasteiger partial charge in [0.25, 0.3) is 0 Å². The second-order valence-electron chi connectivity index (χ2n) is 3.20. The normalized spacial score (nSPS) is 9.80. The number of aryl methyl sites for hydroxylation is 2. The van der Waals surface area contributed by atoms with Crippen LogP contribution < -0.4 is 5.32 Å². The molecule has 0 aliphatic carbocycles. The number of methoxy groups -OCH3 is 1. The first kappa shape index (κ1) is 11.4. The predicted molar refractivity (Wildman–Crippen MR) is 56.6 cm³/mol. The topological polar surface area (TPSA) is 64.1 Å². The Morgan fingerprint density at radius 1 is 1.53 bits per heavy atom. The van der Waals surface area contributed by atoms with Gasteiger partial charge < -0.3 is 10.1 Å². The van der Waals surface area contributed by atoms with Crippen LogP contribution in [-0.2, 0) is 9.53 Å². The molecule has 0 amide bonds. The lowest BCUT2D eigenvalue weighted by atomic mass is 10.4. The Kier molecular flexibility index (Phi) is 4.03. The molecule has 0 saturated carbocycles. The maximum absolute atomic E-state index is 10.9. The Morgan fingerprint density at radius 2 is 2.27 bits per heavy atom. The minimum atomic E-state index is -0.235. The number of carbonyl (C=O) groups is 1. The van der Waals surface area contributed by atoms with Gasteiger partial charge in [-0.3, -0.25) is 9.78 Å². The van der Waals surface area contributed by atoms with Gasteiger partial charge >= 0.3 is 5.97 Å². The third-order valence-corrected chi connectivity index (χ3v) is 1.93. The first-order chi connectivity index (χ1) is 7.13. The highest BCUT2D eigenvalue weighted by Gasteiger charge is 2.03. The van der Waals surface area contributed by atoms with E-state index in [1.54, 1.807) is 6.20 Å². The summed E-state index contributed by atoms with van der Waals surface area (Å²) in [4.78, 5) is 19.3. The van der Waals surface area contributed by atoms with Gasteiger partial charge in [0.05, 0.1) is 24.9 Å².